The molecule has 21 heavy (non-hydrogen) atoms. The molecule has 0 amide bonds. The van der Waals surface area contributed by atoms with Crippen LogP contribution in [0.1, 0.15) is 12.5 Å². The number of hydrogen-bond donors (Lipinski definition) is 2. The van der Waals surface area contributed by atoms with E-state index in [4.69, 9.17) is 9.47 Å². The quantitative estimate of drug-likeness (QED) is 0.770. The van der Waals surface area contributed by atoms with E-state index in [-0.39, 0.29) is 12.1 Å². The second kappa shape index (κ2) is 3.79. The second-order valence-electron chi connectivity index (χ2n) is 5.60. The van der Waals surface area contributed by atoms with E-state index in [1.807, 2.05) is 12.1 Å². The van der Waals surface area contributed by atoms with Gasteiger partial charge in [0.25, 0.3) is 0 Å². The Labute approximate surface area is 119 Å². The van der Waals surface area contributed by atoms with Gasteiger partial charge in [-0.1, -0.05) is 0 Å². The molecule has 0 unspecified atom stereocenters. The summed E-state index contributed by atoms with van der Waals surface area (Å²) in [5.74, 6) is 1.15. The van der Waals surface area contributed by atoms with Gasteiger partial charge in [-0.2, -0.15) is 4.98 Å². The van der Waals surface area contributed by atoms with Gasteiger partial charge >= 0.3 is 0 Å². The molecule has 5 heterocycles. The standard InChI is InChI=1S/C13H13N5O3/c19-13-5-8(9-6-20-11(13)21-9)18-12(16-13)15-10(17-18)7-1-3-14-4-2-7/h1-4,8-9,11,19H,5-6H2,(H,15,16,17)/t8-,9-,11-,13+/m0/s1. The van der Waals surface area contributed by atoms with Gasteiger partial charge < -0.3 is 19.9 Å². The first-order chi connectivity index (χ1) is 10.2. The summed E-state index contributed by atoms with van der Waals surface area (Å²) in [6.45, 7) is 0.462. The maximum absolute atomic E-state index is 10.7. The fraction of sp³-hybridized carbons (Fsp3) is 0.462. The lowest BCUT2D eigenvalue weighted by atomic mass is 9.95. The normalized spacial score (nSPS) is 36.1. The Morgan fingerprint density at radius 1 is 1.38 bits per heavy atom. The summed E-state index contributed by atoms with van der Waals surface area (Å²) in [7, 11) is 0. The molecule has 3 aliphatic rings. The zero-order valence-corrected chi connectivity index (χ0v) is 11.0. The molecule has 0 spiro atoms. The highest BCUT2D eigenvalue weighted by molar-refractivity contribution is 5.56. The largest absolute Gasteiger partial charge is 0.366 e. The molecule has 2 aromatic rings. The van der Waals surface area contributed by atoms with Gasteiger partial charge in [-0.05, 0) is 12.1 Å². The van der Waals surface area contributed by atoms with Crippen molar-refractivity contribution in [2.75, 3.05) is 11.9 Å². The van der Waals surface area contributed by atoms with Gasteiger partial charge in [0.2, 0.25) is 12.2 Å². The lowest BCUT2D eigenvalue weighted by molar-refractivity contribution is -0.215. The van der Waals surface area contributed by atoms with Crippen molar-refractivity contribution in [3.8, 4) is 11.4 Å². The second-order valence-corrected chi connectivity index (χ2v) is 5.60. The predicted octanol–water partition coefficient (Wildman–Crippen LogP) is 0.140. The molecule has 2 N–H and O–H groups in total. The Morgan fingerprint density at radius 3 is 3.10 bits per heavy atom. The van der Waals surface area contributed by atoms with Crippen LogP contribution in [0, 0.1) is 0 Å². The molecule has 0 aliphatic carbocycles. The van der Waals surface area contributed by atoms with Gasteiger partial charge in [0, 0.05) is 24.4 Å². The fourth-order valence-electron chi connectivity index (χ4n) is 3.23. The van der Waals surface area contributed by atoms with Crippen LogP contribution in [0.25, 0.3) is 11.4 Å². The van der Waals surface area contributed by atoms with Crippen LogP contribution < -0.4 is 5.32 Å². The maximum Gasteiger partial charge on any atom is 0.224 e. The summed E-state index contributed by atoms with van der Waals surface area (Å²) in [4.78, 5) is 8.48. The Balaban J connectivity index is 1.62. The molecular weight excluding hydrogens is 274 g/mol. The SMILES string of the molecule is O[C@]12C[C@@H]([C@@H]3CO[C@H]1O3)n1nc(-c3ccncc3)nc1N2. The summed E-state index contributed by atoms with van der Waals surface area (Å²) in [5.41, 5.74) is -0.353. The number of ether oxygens (including phenoxy) is 2. The number of pyridine rings is 1. The molecule has 4 atom stereocenters. The summed E-state index contributed by atoms with van der Waals surface area (Å²) in [5, 5.41) is 18.2. The van der Waals surface area contributed by atoms with Crippen molar-refractivity contribution < 1.29 is 14.6 Å². The molecule has 108 valence electrons. The van der Waals surface area contributed by atoms with E-state index in [2.05, 4.69) is 20.4 Å². The van der Waals surface area contributed by atoms with Crippen molar-refractivity contribution in [3.63, 3.8) is 0 Å². The van der Waals surface area contributed by atoms with Crippen molar-refractivity contribution in [2.24, 2.45) is 0 Å². The van der Waals surface area contributed by atoms with E-state index in [0.29, 0.717) is 24.8 Å². The Hall–Kier alpha value is -2.03. The van der Waals surface area contributed by atoms with Crippen LogP contribution in [-0.4, -0.2) is 49.6 Å². The first kappa shape index (κ1) is 11.6. The van der Waals surface area contributed by atoms with Crippen LogP contribution in [0.5, 0.6) is 0 Å². The van der Waals surface area contributed by atoms with Gasteiger partial charge in [0.05, 0.1) is 12.6 Å². The minimum absolute atomic E-state index is 0.0758. The van der Waals surface area contributed by atoms with Crippen molar-refractivity contribution in [1.82, 2.24) is 19.7 Å². The highest BCUT2D eigenvalue weighted by atomic mass is 16.7. The van der Waals surface area contributed by atoms with Gasteiger partial charge in [0.15, 0.2) is 11.5 Å². The molecule has 5 rings (SSSR count). The van der Waals surface area contributed by atoms with Crippen LogP contribution in [0.15, 0.2) is 24.5 Å². The number of nitrogens with one attached hydrogen (secondary N) is 1. The highest BCUT2D eigenvalue weighted by Crippen LogP contribution is 2.45. The van der Waals surface area contributed by atoms with E-state index < -0.39 is 12.0 Å². The number of rotatable bonds is 1. The number of nitrogens with zero attached hydrogens (tertiary/aromatic N) is 4. The number of aliphatic hydroxyl groups is 1. The molecule has 0 aromatic carbocycles. The molecule has 2 saturated heterocycles. The maximum atomic E-state index is 10.7. The molecule has 2 fully saturated rings. The van der Waals surface area contributed by atoms with E-state index in [1.165, 1.54) is 0 Å². The zero-order valence-electron chi connectivity index (χ0n) is 11.0. The summed E-state index contributed by atoms with van der Waals surface area (Å²) in [6, 6.07) is 3.63. The first-order valence-corrected chi connectivity index (χ1v) is 6.87. The Bertz CT molecular complexity index is 705. The fourth-order valence-corrected chi connectivity index (χ4v) is 3.23. The van der Waals surface area contributed by atoms with Crippen molar-refractivity contribution in [1.29, 1.82) is 0 Å². The van der Waals surface area contributed by atoms with Crippen LogP contribution in [0.2, 0.25) is 0 Å². The molecule has 0 radical (unpaired) electrons. The average Bonchev–Trinajstić information content (AvgIpc) is 3.11. The minimum atomic E-state index is -1.24. The molecule has 4 bridgehead atoms. The van der Waals surface area contributed by atoms with Crippen molar-refractivity contribution in [3.05, 3.63) is 24.5 Å². The van der Waals surface area contributed by atoms with E-state index >= 15 is 0 Å². The first-order valence-electron chi connectivity index (χ1n) is 6.87. The van der Waals surface area contributed by atoms with Crippen LogP contribution >= 0.6 is 0 Å². The molecule has 2 aromatic heterocycles. The van der Waals surface area contributed by atoms with Crippen molar-refractivity contribution >= 4 is 5.95 Å². The van der Waals surface area contributed by atoms with Gasteiger partial charge in [0.1, 0.15) is 6.10 Å². The van der Waals surface area contributed by atoms with Gasteiger partial charge in [-0.25, -0.2) is 4.68 Å². The monoisotopic (exact) mass is 287 g/mol. The summed E-state index contributed by atoms with van der Waals surface area (Å²) >= 11 is 0. The highest BCUT2D eigenvalue weighted by Gasteiger charge is 2.57. The van der Waals surface area contributed by atoms with E-state index in [0.717, 1.165) is 5.56 Å². The number of hydrogen-bond acceptors (Lipinski definition) is 7. The Kier molecular flexibility index (Phi) is 2.09. The smallest absolute Gasteiger partial charge is 0.224 e. The molecule has 8 nitrogen and oxygen atoms in total. The number of anilines is 1. The topological polar surface area (TPSA) is 94.3 Å². The van der Waals surface area contributed by atoms with Crippen LogP contribution in [0.3, 0.4) is 0 Å². The summed E-state index contributed by atoms with van der Waals surface area (Å²) in [6.07, 6.45) is 3.16. The molecule has 0 saturated carbocycles. The third kappa shape index (κ3) is 1.52. The lowest BCUT2D eigenvalue weighted by Gasteiger charge is -2.44. The molecular formula is C13H13N5O3. The molecule has 8 heteroatoms. The van der Waals surface area contributed by atoms with Crippen LogP contribution in [0.4, 0.5) is 5.95 Å². The average molecular weight is 287 g/mol. The van der Waals surface area contributed by atoms with E-state index in [9.17, 15) is 5.11 Å². The number of aromatic nitrogens is 4. The Morgan fingerprint density at radius 2 is 2.24 bits per heavy atom. The summed E-state index contributed by atoms with van der Waals surface area (Å²) < 4.78 is 13.0. The third-order valence-corrected chi connectivity index (χ3v) is 4.26. The minimum Gasteiger partial charge on any atom is -0.366 e. The van der Waals surface area contributed by atoms with Gasteiger partial charge in [-0.3, -0.25) is 4.98 Å². The predicted molar refractivity (Wildman–Crippen MR) is 70.1 cm³/mol. The third-order valence-electron chi connectivity index (χ3n) is 4.26. The number of fused-ring (bicyclic) bond motifs is 8. The van der Waals surface area contributed by atoms with Gasteiger partial charge in [-0.15, -0.1) is 5.10 Å². The molecule has 3 aliphatic heterocycles. The van der Waals surface area contributed by atoms with Crippen LogP contribution in [-0.2, 0) is 9.47 Å². The lowest BCUT2D eigenvalue weighted by Crippen LogP contribution is -2.58. The van der Waals surface area contributed by atoms with Crippen molar-refractivity contribution in [2.45, 2.75) is 30.6 Å². The zero-order chi connectivity index (χ0) is 14.0. The van der Waals surface area contributed by atoms with E-state index in [1.54, 1.807) is 17.1 Å².